The molecule has 0 aliphatic carbocycles. The van der Waals surface area contributed by atoms with Crippen LogP contribution in [0, 0.1) is 0 Å². The molecule has 0 aromatic heterocycles. The van der Waals surface area contributed by atoms with Crippen molar-refractivity contribution < 1.29 is 14.4 Å². The molecule has 1 heterocycles. The van der Waals surface area contributed by atoms with Gasteiger partial charge in [0, 0.05) is 16.1 Å². The summed E-state index contributed by atoms with van der Waals surface area (Å²) < 4.78 is 5.62. The molecule has 0 fully saturated rings. The lowest BCUT2D eigenvalue weighted by Gasteiger charge is -2.07. The van der Waals surface area contributed by atoms with Crippen LogP contribution in [0.5, 0.6) is 5.75 Å². The highest BCUT2D eigenvalue weighted by Crippen LogP contribution is 2.26. The van der Waals surface area contributed by atoms with E-state index in [1.54, 1.807) is 36.4 Å². The molecule has 4 nitrogen and oxygen atoms in total. The molecule has 0 saturated carbocycles. The maximum atomic E-state index is 12.1. The monoisotopic (exact) mass is 339 g/mol. The van der Waals surface area contributed by atoms with Crippen LogP contribution in [-0.4, -0.2) is 18.3 Å². The molecule has 0 radical (unpaired) electrons. The summed E-state index contributed by atoms with van der Waals surface area (Å²) >= 11 is 5.91. The fourth-order valence-electron chi connectivity index (χ4n) is 2.26. The van der Waals surface area contributed by atoms with Crippen LogP contribution in [0.25, 0.3) is 6.08 Å². The zero-order valence-corrected chi connectivity index (χ0v) is 13.5. The van der Waals surface area contributed by atoms with Gasteiger partial charge in [0.2, 0.25) is 0 Å². The van der Waals surface area contributed by atoms with E-state index in [4.69, 9.17) is 21.2 Å². The molecule has 5 heteroatoms. The Kier molecular flexibility index (Phi) is 4.77. The molecule has 0 atom stereocenters. The number of halogens is 1. The summed E-state index contributed by atoms with van der Waals surface area (Å²) in [5, 5.41) is 4.49. The summed E-state index contributed by atoms with van der Waals surface area (Å²) in [7, 11) is 0. The molecule has 2 aromatic carbocycles. The van der Waals surface area contributed by atoms with Gasteiger partial charge in [-0.25, -0.2) is 4.79 Å². The number of benzene rings is 2. The fourth-order valence-corrected chi connectivity index (χ4v) is 2.39. The Balaban J connectivity index is 1.99. The van der Waals surface area contributed by atoms with E-state index < -0.39 is 5.97 Å². The van der Waals surface area contributed by atoms with Crippen LogP contribution in [0.2, 0.25) is 5.02 Å². The van der Waals surface area contributed by atoms with Crippen LogP contribution >= 0.6 is 11.6 Å². The average molecular weight is 340 g/mol. The lowest BCUT2D eigenvalue weighted by molar-refractivity contribution is -0.136. The van der Waals surface area contributed by atoms with Gasteiger partial charge in [-0.05, 0) is 24.3 Å². The van der Waals surface area contributed by atoms with Gasteiger partial charge in [0.25, 0.3) is 0 Å². The summed E-state index contributed by atoms with van der Waals surface area (Å²) in [5.41, 5.74) is 2.35. The molecule has 0 spiro atoms. The van der Waals surface area contributed by atoms with Crippen molar-refractivity contribution in [2.45, 2.75) is 0 Å². The Hall–Kier alpha value is -2.85. The van der Waals surface area contributed by atoms with Crippen molar-refractivity contribution in [3.05, 3.63) is 82.9 Å². The minimum Gasteiger partial charge on any atom is -0.489 e. The Labute approximate surface area is 144 Å². The maximum Gasteiger partial charge on any atom is 0.368 e. The number of hydrogen-bond acceptors (Lipinski definition) is 4. The van der Waals surface area contributed by atoms with Gasteiger partial charge >= 0.3 is 5.97 Å². The third-order valence-electron chi connectivity index (χ3n) is 3.39. The smallest absolute Gasteiger partial charge is 0.368 e. The lowest BCUT2D eigenvalue weighted by Crippen LogP contribution is -2.07. The van der Waals surface area contributed by atoms with Crippen molar-refractivity contribution in [1.29, 1.82) is 0 Å². The molecule has 1 aliphatic rings. The molecule has 0 saturated heterocycles. The van der Waals surface area contributed by atoms with E-state index >= 15 is 0 Å². The van der Waals surface area contributed by atoms with Crippen LogP contribution in [0.3, 0.4) is 0 Å². The lowest BCUT2D eigenvalue weighted by atomic mass is 10.0. The first-order chi connectivity index (χ1) is 11.7. The van der Waals surface area contributed by atoms with Crippen molar-refractivity contribution in [2.24, 2.45) is 5.16 Å². The van der Waals surface area contributed by atoms with Crippen LogP contribution in [0.15, 0.2) is 71.9 Å². The van der Waals surface area contributed by atoms with Gasteiger partial charge in [0.1, 0.15) is 18.1 Å². The Morgan fingerprint density at radius 1 is 1.17 bits per heavy atom. The molecule has 24 heavy (non-hydrogen) atoms. The van der Waals surface area contributed by atoms with Gasteiger partial charge < -0.3 is 9.57 Å². The summed E-state index contributed by atoms with van der Waals surface area (Å²) in [4.78, 5) is 16.9. The van der Waals surface area contributed by atoms with Crippen molar-refractivity contribution >= 4 is 29.4 Å². The first-order valence-electron chi connectivity index (χ1n) is 7.29. The van der Waals surface area contributed by atoms with Crippen LogP contribution in [0.1, 0.15) is 11.1 Å². The molecule has 3 rings (SSSR count). The van der Waals surface area contributed by atoms with Crippen LogP contribution in [-0.2, 0) is 9.63 Å². The van der Waals surface area contributed by atoms with Crippen molar-refractivity contribution in [3.63, 3.8) is 0 Å². The maximum absolute atomic E-state index is 12.1. The number of carbonyl (C=O) groups excluding carboxylic acids is 1. The predicted octanol–water partition coefficient (Wildman–Crippen LogP) is 4.25. The standard InChI is InChI=1S/C19H14ClNO3/c1-2-11-23-17-6-4-3-5-14(17)12-16-18(21-24-19(16)22)13-7-9-15(20)10-8-13/h2-10,12H,1,11H2/b16-12-. The van der Waals surface area contributed by atoms with E-state index in [1.807, 2.05) is 24.3 Å². The zero-order valence-electron chi connectivity index (χ0n) is 12.7. The van der Waals surface area contributed by atoms with E-state index in [1.165, 1.54) is 0 Å². The van der Waals surface area contributed by atoms with E-state index in [-0.39, 0.29) is 0 Å². The Morgan fingerprint density at radius 2 is 1.92 bits per heavy atom. The van der Waals surface area contributed by atoms with E-state index in [0.717, 1.165) is 11.1 Å². The first kappa shape index (κ1) is 16.0. The molecule has 2 aromatic rings. The predicted molar refractivity (Wildman–Crippen MR) is 94.2 cm³/mol. The molecule has 120 valence electrons. The SMILES string of the molecule is C=CCOc1ccccc1/C=C1\C(=O)ON=C1c1ccc(Cl)cc1. The summed E-state index contributed by atoms with van der Waals surface area (Å²) in [6, 6.07) is 14.5. The molecule has 0 N–H and O–H groups in total. The van der Waals surface area contributed by atoms with Gasteiger partial charge in [-0.1, -0.05) is 59.7 Å². The third-order valence-corrected chi connectivity index (χ3v) is 3.64. The average Bonchev–Trinajstić information content (AvgIpc) is 2.96. The number of oxime groups is 1. The second-order valence-electron chi connectivity index (χ2n) is 5.02. The highest BCUT2D eigenvalue weighted by Gasteiger charge is 2.27. The number of nitrogens with zero attached hydrogens (tertiary/aromatic N) is 1. The van der Waals surface area contributed by atoms with Gasteiger partial charge in [-0.3, -0.25) is 0 Å². The summed E-state index contributed by atoms with van der Waals surface area (Å²) in [6.07, 6.45) is 3.37. The molecule has 1 aliphatic heterocycles. The number of carbonyl (C=O) groups is 1. The van der Waals surface area contributed by atoms with E-state index in [0.29, 0.717) is 28.7 Å². The highest BCUT2D eigenvalue weighted by molar-refractivity contribution is 6.32. The Morgan fingerprint density at radius 3 is 2.67 bits per heavy atom. The molecule has 0 amide bonds. The Bertz CT molecular complexity index is 838. The fraction of sp³-hybridized carbons (Fsp3) is 0.0526. The topological polar surface area (TPSA) is 47.9 Å². The van der Waals surface area contributed by atoms with Gasteiger partial charge in [-0.15, -0.1) is 0 Å². The normalized spacial score (nSPS) is 15.1. The molecular weight excluding hydrogens is 326 g/mol. The van der Waals surface area contributed by atoms with Gasteiger partial charge in [-0.2, -0.15) is 0 Å². The largest absolute Gasteiger partial charge is 0.489 e. The zero-order chi connectivity index (χ0) is 16.9. The van der Waals surface area contributed by atoms with Crippen LogP contribution < -0.4 is 4.74 Å². The molecular formula is C19H14ClNO3. The second-order valence-corrected chi connectivity index (χ2v) is 5.46. The number of hydrogen-bond donors (Lipinski definition) is 0. The highest BCUT2D eigenvalue weighted by atomic mass is 35.5. The van der Waals surface area contributed by atoms with Crippen molar-refractivity contribution in [2.75, 3.05) is 6.61 Å². The number of rotatable bonds is 5. The third kappa shape index (κ3) is 3.39. The number of para-hydroxylation sites is 1. The van der Waals surface area contributed by atoms with Crippen molar-refractivity contribution in [3.8, 4) is 5.75 Å². The first-order valence-corrected chi connectivity index (χ1v) is 7.67. The summed E-state index contributed by atoms with van der Waals surface area (Å²) in [6.45, 7) is 4.01. The molecule has 0 unspecified atom stereocenters. The summed E-state index contributed by atoms with van der Waals surface area (Å²) in [5.74, 6) is 0.151. The van der Waals surface area contributed by atoms with Gasteiger partial charge in [0.15, 0.2) is 0 Å². The second kappa shape index (κ2) is 7.15. The van der Waals surface area contributed by atoms with E-state index in [9.17, 15) is 4.79 Å². The number of ether oxygens (including phenoxy) is 1. The van der Waals surface area contributed by atoms with Crippen molar-refractivity contribution in [1.82, 2.24) is 0 Å². The van der Waals surface area contributed by atoms with Gasteiger partial charge in [0.05, 0.1) is 5.57 Å². The quantitative estimate of drug-likeness (QED) is 0.465. The minimum atomic E-state index is -0.501. The van der Waals surface area contributed by atoms with E-state index in [2.05, 4.69) is 11.7 Å². The molecule has 0 bridgehead atoms. The van der Waals surface area contributed by atoms with Crippen LogP contribution in [0.4, 0.5) is 0 Å². The minimum absolute atomic E-state index is 0.368.